The number of nitrogens with one attached hydrogen (secondary N) is 1. The summed E-state index contributed by atoms with van der Waals surface area (Å²) in [6.07, 6.45) is 0.955. The number of H-pyrrole nitrogens is 1. The maximum absolute atomic E-state index is 5.53. The van der Waals surface area contributed by atoms with Crippen LogP contribution in [0.25, 0.3) is 22.6 Å². The molecule has 0 radical (unpaired) electrons. The lowest BCUT2D eigenvalue weighted by Crippen LogP contribution is -1.93. The van der Waals surface area contributed by atoms with Gasteiger partial charge in [-0.3, -0.25) is 0 Å². The molecule has 4 rings (SSSR count). The molecule has 0 unspecified atom stereocenters. The van der Waals surface area contributed by atoms with Crippen LogP contribution in [0.15, 0.2) is 30.3 Å². The van der Waals surface area contributed by atoms with Crippen molar-refractivity contribution in [2.45, 2.75) is 13.3 Å². The van der Waals surface area contributed by atoms with Crippen molar-refractivity contribution in [2.75, 3.05) is 13.2 Å². The van der Waals surface area contributed by atoms with E-state index in [9.17, 15) is 0 Å². The van der Waals surface area contributed by atoms with Crippen LogP contribution in [0.2, 0.25) is 0 Å². The van der Waals surface area contributed by atoms with Gasteiger partial charge in [0.1, 0.15) is 11.6 Å². The van der Waals surface area contributed by atoms with Gasteiger partial charge in [-0.15, -0.1) is 0 Å². The van der Waals surface area contributed by atoms with E-state index in [1.165, 1.54) is 5.56 Å². The first kappa shape index (κ1) is 12.2. The van der Waals surface area contributed by atoms with Crippen LogP contribution in [0.5, 0.6) is 11.6 Å². The number of benzene rings is 1. The summed E-state index contributed by atoms with van der Waals surface area (Å²) in [5.41, 5.74) is 3.86. The number of aromatic amines is 1. The highest BCUT2D eigenvalue weighted by atomic mass is 16.5. The Morgan fingerprint density at radius 3 is 3.10 bits per heavy atom. The Morgan fingerprint density at radius 2 is 2.19 bits per heavy atom. The second-order valence-corrected chi connectivity index (χ2v) is 4.96. The summed E-state index contributed by atoms with van der Waals surface area (Å²) in [6, 6.07) is 9.95. The van der Waals surface area contributed by atoms with Crippen molar-refractivity contribution in [1.82, 2.24) is 15.0 Å². The molecule has 2 aromatic heterocycles. The van der Waals surface area contributed by atoms with Gasteiger partial charge in [-0.2, -0.15) is 4.98 Å². The highest BCUT2D eigenvalue weighted by Gasteiger charge is 2.14. The lowest BCUT2D eigenvalue weighted by Gasteiger charge is -2.00. The average Bonchev–Trinajstić information content (AvgIpc) is 3.12. The summed E-state index contributed by atoms with van der Waals surface area (Å²) in [4.78, 5) is 12.3. The Labute approximate surface area is 121 Å². The van der Waals surface area contributed by atoms with E-state index in [-0.39, 0.29) is 0 Å². The van der Waals surface area contributed by atoms with Crippen LogP contribution >= 0.6 is 0 Å². The summed E-state index contributed by atoms with van der Waals surface area (Å²) >= 11 is 0. The van der Waals surface area contributed by atoms with Gasteiger partial charge in [0, 0.05) is 18.1 Å². The highest BCUT2D eigenvalue weighted by molar-refractivity contribution is 5.76. The third-order valence-corrected chi connectivity index (χ3v) is 3.58. The van der Waals surface area contributed by atoms with Crippen LogP contribution < -0.4 is 9.47 Å². The van der Waals surface area contributed by atoms with E-state index in [0.29, 0.717) is 18.1 Å². The van der Waals surface area contributed by atoms with E-state index in [4.69, 9.17) is 9.47 Å². The molecule has 0 fully saturated rings. The maximum atomic E-state index is 5.53. The first-order chi connectivity index (χ1) is 10.3. The summed E-state index contributed by atoms with van der Waals surface area (Å²) in [5.74, 6) is 2.40. The number of rotatable bonds is 3. The van der Waals surface area contributed by atoms with Crippen molar-refractivity contribution >= 4 is 11.2 Å². The summed E-state index contributed by atoms with van der Waals surface area (Å²) in [7, 11) is 0. The summed E-state index contributed by atoms with van der Waals surface area (Å²) in [6.45, 7) is 3.30. The molecule has 5 nitrogen and oxygen atoms in total. The number of hydrogen-bond acceptors (Lipinski definition) is 4. The number of imidazole rings is 1. The van der Waals surface area contributed by atoms with Crippen LogP contribution in [0.1, 0.15) is 12.5 Å². The number of ether oxygens (including phenoxy) is 2. The van der Waals surface area contributed by atoms with Gasteiger partial charge in [-0.05, 0) is 36.8 Å². The normalized spacial score (nSPS) is 13.2. The number of hydrogen-bond donors (Lipinski definition) is 1. The second kappa shape index (κ2) is 4.77. The number of pyridine rings is 1. The van der Waals surface area contributed by atoms with Crippen molar-refractivity contribution < 1.29 is 9.47 Å². The molecule has 1 aliphatic heterocycles. The number of nitrogens with zero attached hydrogens (tertiary/aromatic N) is 2. The minimum Gasteiger partial charge on any atom is -0.493 e. The molecule has 21 heavy (non-hydrogen) atoms. The van der Waals surface area contributed by atoms with E-state index >= 15 is 0 Å². The van der Waals surface area contributed by atoms with Gasteiger partial charge in [0.25, 0.3) is 0 Å². The van der Waals surface area contributed by atoms with Crippen molar-refractivity contribution in [3.63, 3.8) is 0 Å². The van der Waals surface area contributed by atoms with Crippen molar-refractivity contribution in [3.8, 4) is 23.0 Å². The molecule has 0 atom stereocenters. The average molecular weight is 281 g/mol. The molecule has 0 saturated heterocycles. The smallest absolute Gasteiger partial charge is 0.215 e. The van der Waals surface area contributed by atoms with Crippen molar-refractivity contribution in [2.24, 2.45) is 0 Å². The largest absolute Gasteiger partial charge is 0.493 e. The molecule has 0 amide bonds. The van der Waals surface area contributed by atoms with E-state index < -0.39 is 0 Å². The van der Waals surface area contributed by atoms with Gasteiger partial charge in [0.05, 0.1) is 18.7 Å². The predicted molar refractivity (Wildman–Crippen MR) is 79.7 cm³/mol. The molecule has 3 aromatic rings. The lowest BCUT2D eigenvalue weighted by atomic mass is 10.1. The second-order valence-electron chi connectivity index (χ2n) is 4.96. The monoisotopic (exact) mass is 281 g/mol. The number of aromatic nitrogens is 3. The Hall–Kier alpha value is -2.56. The quantitative estimate of drug-likeness (QED) is 0.801. The van der Waals surface area contributed by atoms with E-state index in [1.54, 1.807) is 0 Å². The zero-order valence-electron chi connectivity index (χ0n) is 11.7. The van der Waals surface area contributed by atoms with Gasteiger partial charge in [0.15, 0.2) is 5.65 Å². The minimum atomic E-state index is 0.598. The molecule has 5 heteroatoms. The first-order valence-corrected chi connectivity index (χ1v) is 7.09. The molecule has 0 saturated carbocycles. The van der Waals surface area contributed by atoms with Crippen LogP contribution in [0.4, 0.5) is 0 Å². The molecule has 1 N–H and O–H groups in total. The van der Waals surface area contributed by atoms with Crippen LogP contribution in [0.3, 0.4) is 0 Å². The number of fused-ring (bicyclic) bond motifs is 2. The Bertz CT molecular complexity index is 810. The molecule has 106 valence electrons. The van der Waals surface area contributed by atoms with E-state index in [2.05, 4.69) is 21.0 Å². The van der Waals surface area contributed by atoms with Gasteiger partial charge >= 0.3 is 0 Å². The van der Waals surface area contributed by atoms with Crippen molar-refractivity contribution in [3.05, 3.63) is 35.9 Å². The van der Waals surface area contributed by atoms with Crippen molar-refractivity contribution in [1.29, 1.82) is 0 Å². The third-order valence-electron chi connectivity index (χ3n) is 3.58. The fraction of sp³-hybridized carbons (Fsp3) is 0.250. The van der Waals surface area contributed by atoms with Crippen LogP contribution in [-0.4, -0.2) is 28.2 Å². The Kier molecular flexibility index (Phi) is 2.77. The fourth-order valence-corrected chi connectivity index (χ4v) is 2.57. The SMILES string of the molecule is CCOc1ccc2[nH]c(-c3ccc4c(c3)CCO4)nc2n1. The standard InChI is InChI=1S/C16H15N3O2/c1-2-20-14-6-4-12-16(18-14)19-15(17-12)11-3-5-13-10(9-11)7-8-21-13/h3-6,9H,2,7-8H2,1H3,(H,17,18,19). The predicted octanol–water partition coefficient (Wildman–Crippen LogP) is 2.96. The van der Waals surface area contributed by atoms with Crippen LogP contribution in [0, 0.1) is 0 Å². The van der Waals surface area contributed by atoms with E-state index in [1.807, 2.05) is 31.2 Å². The first-order valence-electron chi connectivity index (χ1n) is 7.09. The molecule has 1 aromatic carbocycles. The molecule has 0 bridgehead atoms. The molecular weight excluding hydrogens is 266 g/mol. The topological polar surface area (TPSA) is 60.0 Å². The zero-order valence-corrected chi connectivity index (χ0v) is 11.7. The lowest BCUT2D eigenvalue weighted by molar-refractivity contribution is 0.328. The minimum absolute atomic E-state index is 0.598. The molecule has 3 heterocycles. The van der Waals surface area contributed by atoms with Gasteiger partial charge in [-0.1, -0.05) is 0 Å². The van der Waals surface area contributed by atoms with Gasteiger partial charge < -0.3 is 14.5 Å². The Morgan fingerprint density at radius 1 is 1.24 bits per heavy atom. The fourth-order valence-electron chi connectivity index (χ4n) is 2.57. The third kappa shape index (κ3) is 2.11. The molecule has 0 spiro atoms. The summed E-state index contributed by atoms with van der Waals surface area (Å²) < 4.78 is 10.9. The van der Waals surface area contributed by atoms with Gasteiger partial charge in [0.2, 0.25) is 5.88 Å². The van der Waals surface area contributed by atoms with Gasteiger partial charge in [-0.25, -0.2) is 4.98 Å². The summed E-state index contributed by atoms with van der Waals surface area (Å²) in [5, 5.41) is 0. The maximum Gasteiger partial charge on any atom is 0.215 e. The molecular formula is C16H15N3O2. The highest BCUT2D eigenvalue weighted by Crippen LogP contribution is 2.30. The molecule has 1 aliphatic rings. The van der Waals surface area contributed by atoms with Crippen LogP contribution in [-0.2, 0) is 6.42 Å². The molecule has 0 aliphatic carbocycles. The van der Waals surface area contributed by atoms with E-state index in [0.717, 1.165) is 35.7 Å². The zero-order chi connectivity index (χ0) is 14.2. The Balaban J connectivity index is 1.76.